The fourth-order valence-corrected chi connectivity index (χ4v) is 3.02. The third-order valence-corrected chi connectivity index (χ3v) is 4.25. The number of thiophene rings is 1. The first kappa shape index (κ1) is 11.1. The molecule has 0 aromatic carbocycles. The Hall–Kier alpha value is -0.380. The zero-order valence-electron chi connectivity index (χ0n) is 9.20. The number of aliphatic hydroxyl groups is 1. The molecule has 0 aliphatic heterocycles. The van der Waals surface area contributed by atoms with Gasteiger partial charge in [-0.3, -0.25) is 0 Å². The molecule has 0 saturated heterocycles. The Morgan fingerprint density at radius 1 is 1.47 bits per heavy atom. The van der Waals surface area contributed by atoms with Crippen molar-refractivity contribution < 1.29 is 5.11 Å². The minimum absolute atomic E-state index is 0.140. The average Bonchev–Trinajstić information content (AvgIpc) is 2.63. The van der Waals surface area contributed by atoms with Gasteiger partial charge in [-0.25, -0.2) is 0 Å². The standard InChI is InChI=1S/C12H19NOS/c1-9-6-7-15-12(9)8-13-10-4-2-3-5-11(10)14/h6-7,10-11,13-14H,2-5,8H2,1H3/t10-,11-/m0/s1. The largest absolute Gasteiger partial charge is 0.392 e. The summed E-state index contributed by atoms with van der Waals surface area (Å²) < 4.78 is 0. The molecule has 3 heteroatoms. The maximum Gasteiger partial charge on any atom is 0.0693 e. The molecule has 2 nitrogen and oxygen atoms in total. The Morgan fingerprint density at radius 3 is 2.93 bits per heavy atom. The molecule has 0 radical (unpaired) electrons. The molecule has 2 atom stereocenters. The number of aliphatic hydroxyl groups excluding tert-OH is 1. The van der Waals surface area contributed by atoms with Crippen molar-refractivity contribution in [3.05, 3.63) is 21.9 Å². The molecule has 84 valence electrons. The summed E-state index contributed by atoms with van der Waals surface area (Å²) in [6.07, 6.45) is 4.36. The molecule has 0 unspecified atom stereocenters. The van der Waals surface area contributed by atoms with E-state index >= 15 is 0 Å². The molecule has 1 fully saturated rings. The number of hydrogen-bond donors (Lipinski definition) is 2. The molecule has 1 saturated carbocycles. The van der Waals surface area contributed by atoms with Gasteiger partial charge in [-0.05, 0) is 36.8 Å². The Morgan fingerprint density at radius 2 is 2.27 bits per heavy atom. The van der Waals surface area contributed by atoms with Gasteiger partial charge in [0, 0.05) is 17.5 Å². The van der Waals surface area contributed by atoms with Gasteiger partial charge in [0.1, 0.15) is 0 Å². The van der Waals surface area contributed by atoms with E-state index in [0.717, 1.165) is 19.4 Å². The van der Waals surface area contributed by atoms with Crippen LogP contribution in [0.3, 0.4) is 0 Å². The van der Waals surface area contributed by atoms with Crippen molar-refractivity contribution in [1.29, 1.82) is 0 Å². The molecule has 1 aromatic rings. The lowest BCUT2D eigenvalue weighted by atomic mass is 9.92. The minimum atomic E-state index is -0.140. The van der Waals surface area contributed by atoms with E-state index in [1.807, 2.05) is 0 Å². The topological polar surface area (TPSA) is 32.3 Å². The van der Waals surface area contributed by atoms with Gasteiger partial charge < -0.3 is 10.4 Å². The van der Waals surface area contributed by atoms with Crippen LogP contribution in [0, 0.1) is 6.92 Å². The summed E-state index contributed by atoms with van der Waals surface area (Å²) in [7, 11) is 0. The molecular weight excluding hydrogens is 206 g/mol. The molecule has 1 heterocycles. The van der Waals surface area contributed by atoms with Gasteiger partial charge in [0.25, 0.3) is 0 Å². The van der Waals surface area contributed by atoms with E-state index in [0.29, 0.717) is 6.04 Å². The van der Waals surface area contributed by atoms with E-state index in [9.17, 15) is 5.11 Å². The van der Waals surface area contributed by atoms with Gasteiger partial charge in [-0.1, -0.05) is 12.8 Å². The number of aryl methyl sites for hydroxylation is 1. The summed E-state index contributed by atoms with van der Waals surface area (Å²) >= 11 is 1.80. The molecule has 0 bridgehead atoms. The smallest absolute Gasteiger partial charge is 0.0693 e. The van der Waals surface area contributed by atoms with Gasteiger partial charge in [-0.2, -0.15) is 0 Å². The van der Waals surface area contributed by atoms with E-state index in [-0.39, 0.29) is 6.10 Å². The van der Waals surface area contributed by atoms with Gasteiger partial charge in [0.2, 0.25) is 0 Å². The zero-order chi connectivity index (χ0) is 10.7. The highest BCUT2D eigenvalue weighted by atomic mass is 32.1. The molecule has 2 rings (SSSR count). The second-order valence-corrected chi connectivity index (χ2v) is 5.37. The van der Waals surface area contributed by atoms with Gasteiger partial charge in [0.15, 0.2) is 0 Å². The molecule has 0 spiro atoms. The quantitative estimate of drug-likeness (QED) is 0.828. The summed E-state index contributed by atoms with van der Waals surface area (Å²) in [6.45, 7) is 3.05. The predicted molar refractivity (Wildman–Crippen MR) is 64.2 cm³/mol. The third-order valence-electron chi connectivity index (χ3n) is 3.22. The summed E-state index contributed by atoms with van der Waals surface area (Å²) in [5, 5.41) is 15.4. The number of nitrogens with one attached hydrogen (secondary N) is 1. The first-order valence-corrected chi connectivity index (χ1v) is 6.60. The summed E-state index contributed by atoms with van der Waals surface area (Å²) in [6, 6.07) is 2.46. The maximum atomic E-state index is 9.81. The summed E-state index contributed by atoms with van der Waals surface area (Å²) in [4.78, 5) is 1.40. The van der Waals surface area contributed by atoms with Crippen LogP contribution in [0.4, 0.5) is 0 Å². The Balaban J connectivity index is 1.84. The molecule has 2 N–H and O–H groups in total. The molecule has 15 heavy (non-hydrogen) atoms. The Bertz CT molecular complexity index is 310. The molecule has 1 aliphatic rings. The van der Waals surface area contributed by atoms with Crippen molar-refractivity contribution in [3.8, 4) is 0 Å². The van der Waals surface area contributed by atoms with Crippen LogP contribution in [0.2, 0.25) is 0 Å². The summed E-state index contributed by atoms with van der Waals surface area (Å²) in [5.74, 6) is 0. The Kier molecular flexibility index (Phi) is 3.78. The van der Waals surface area contributed by atoms with Crippen molar-refractivity contribution in [2.45, 2.75) is 51.3 Å². The molecule has 1 aliphatic carbocycles. The van der Waals surface area contributed by atoms with Crippen molar-refractivity contribution >= 4 is 11.3 Å². The van der Waals surface area contributed by atoms with E-state index in [4.69, 9.17) is 0 Å². The van der Waals surface area contributed by atoms with Crippen LogP contribution in [-0.4, -0.2) is 17.3 Å². The van der Waals surface area contributed by atoms with Crippen LogP contribution in [0.5, 0.6) is 0 Å². The van der Waals surface area contributed by atoms with E-state index in [1.165, 1.54) is 23.3 Å². The van der Waals surface area contributed by atoms with Gasteiger partial charge in [0.05, 0.1) is 6.10 Å². The first-order valence-electron chi connectivity index (χ1n) is 5.72. The predicted octanol–water partition coefficient (Wildman–Crippen LogP) is 2.45. The van der Waals surface area contributed by atoms with Crippen molar-refractivity contribution in [2.24, 2.45) is 0 Å². The Labute approximate surface area is 95.3 Å². The maximum absolute atomic E-state index is 9.81. The monoisotopic (exact) mass is 225 g/mol. The van der Waals surface area contributed by atoms with Crippen molar-refractivity contribution in [1.82, 2.24) is 5.32 Å². The van der Waals surface area contributed by atoms with Crippen LogP contribution in [0.25, 0.3) is 0 Å². The van der Waals surface area contributed by atoms with Crippen LogP contribution in [0.15, 0.2) is 11.4 Å². The lowest BCUT2D eigenvalue weighted by molar-refractivity contribution is 0.0904. The van der Waals surface area contributed by atoms with Crippen LogP contribution in [-0.2, 0) is 6.54 Å². The van der Waals surface area contributed by atoms with Crippen LogP contribution >= 0.6 is 11.3 Å². The highest BCUT2D eigenvalue weighted by Crippen LogP contribution is 2.20. The zero-order valence-corrected chi connectivity index (χ0v) is 10.0. The second-order valence-electron chi connectivity index (χ2n) is 4.37. The summed E-state index contributed by atoms with van der Waals surface area (Å²) in [5.41, 5.74) is 1.36. The molecule has 1 aromatic heterocycles. The third kappa shape index (κ3) is 2.80. The van der Waals surface area contributed by atoms with Gasteiger partial charge >= 0.3 is 0 Å². The number of hydrogen-bond acceptors (Lipinski definition) is 3. The lowest BCUT2D eigenvalue weighted by Crippen LogP contribution is -2.41. The normalized spacial score (nSPS) is 26.8. The van der Waals surface area contributed by atoms with Crippen molar-refractivity contribution in [3.63, 3.8) is 0 Å². The number of rotatable bonds is 3. The minimum Gasteiger partial charge on any atom is -0.392 e. The van der Waals surface area contributed by atoms with E-state index < -0.39 is 0 Å². The van der Waals surface area contributed by atoms with Crippen molar-refractivity contribution in [2.75, 3.05) is 0 Å². The second kappa shape index (κ2) is 5.10. The van der Waals surface area contributed by atoms with Gasteiger partial charge in [-0.15, -0.1) is 11.3 Å². The lowest BCUT2D eigenvalue weighted by Gasteiger charge is -2.28. The van der Waals surface area contributed by atoms with Crippen LogP contribution < -0.4 is 5.32 Å². The fraction of sp³-hybridized carbons (Fsp3) is 0.667. The average molecular weight is 225 g/mol. The highest BCUT2D eigenvalue weighted by molar-refractivity contribution is 7.10. The highest BCUT2D eigenvalue weighted by Gasteiger charge is 2.22. The van der Waals surface area contributed by atoms with E-state index in [2.05, 4.69) is 23.7 Å². The van der Waals surface area contributed by atoms with Crippen LogP contribution in [0.1, 0.15) is 36.1 Å². The van der Waals surface area contributed by atoms with E-state index in [1.54, 1.807) is 11.3 Å². The fourth-order valence-electron chi connectivity index (χ4n) is 2.16. The molecule has 0 amide bonds. The first-order chi connectivity index (χ1) is 7.27. The molecular formula is C12H19NOS. The SMILES string of the molecule is Cc1ccsc1CN[C@H]1CCCC[C@@H]1O.